The van der Waals surface area contributed by atoms with Crippen molar-refractivity contribution in [2.45, 2.75) is 12.6 Å². The largest absolute Gasteiger partial charge is 0.290 e. The normalized spacial score (nSPS) is 19.3. The van der Waals surface area contributed by atoms with Gasteiger partial charge in [-0.25, -0.2) is 17.4 Å². The van der Waals surface area contributed by atoms with Crippen LogP contribution in [0.15, 0.2) is 29.5 Å². The van der Waals surface area contributed by atoms with Gasteiger partial charge < -0.3 is 0 Å². The third-order valence-electron chi connectivity index (χ3n) is 3.12. The average Bonchev–Trinajstić information content (AvgIpc) is 2.97. The van der Waals surface area contributed by atoms with E-state index in [1.165, 1.54) is 10.2 Å². The van der Waals surface area contributed by atoms with E-state index in [1.807, 2.05) is 18.3 Å². The van der Waals surface area contributed by atoms with Crippen molar-refractivity contribution >= 4 is 27.3 Å². The molecule has 3 heterocycles. The molecule has 0 bridgehead atoms. The Morgan fingerprint density at radius 3 is 3.05 bits per heavy atom. The first kappa shape index (κ1) is 12.3. The highest BCUT2D eigenvalue weighted by Gasteiger charge is 2.18. The molecule has 0 saturated carbocycles. The molecule has 1 aliphatic rings. The fourth-order valence-corrected chi connectivity index (χ4v) is 3.04. The van der Waals surface area contributed by atoms with Crippen molar-refractivity contribution in [3.05, 3.63) is 30.1 Å². The molecule has 7 heteroatoms. The van der Waals surface area contributed by atoms with Crippen LogP contribution in [0, 0.1) is 0 Å². The number of hydrogen-bond acceptors (Lipinski definition) is 5. The molecule has 0 spiro atoms. The fourth-order valence-electron chi connectivity index (χ4n) is 2.27. The predicted molar refractivity (Wildman–Crippen MR) is 74.0 cm³/mol. The zero-order valence-corrected chi connectivity index (χ0v) is 11.3. The number of nitrogens with one attached hydrogen (secondary N) is 1. The van der Waals surface area contributed by atoms with Crippen LogP contribution in [-0.4, -0.2) is 42.6 Å². The second-order valence-electron chi connectivity index (χ2n) is 4.55. The summed E-state index contributed by atoms with van der Waals surface area (Å²) in [4.78, 5) is 8.46. The summed E-state index contributed by atoms with van der Waals surface area (Å²) < 4.78 is 24.8. The van der Waals surface area contributed by atoms with Crippen molar-refractivity contribution in [2.24, 2.45) is 4.99 Å². The molecule has 2 aromatic rings. The molecular weight excluding hydrogens is 264 g/mol. The number of aliphatic imine (C=N–C) groups is 1. The average molecular weight is 278 g/mol. The lowest BCUT2D eigenvalue weighted by Crippen LogP contribution is -2.24. The van der Waals surface area contributed by atoms with Gasteiger partial charge in [-0.3, -0.25) is 10.3 Å². The SMILES string of the molecule is CS(=O)(=O)n1cc(CC2N=CCN2)c2cccnc21. The number of nitrogens with zero attached hydrogens (tertiary/aromatic N) is 3. The summed E-state index contributed by atoms with van der Waals surface area (Å²) in [5.41, 5.74) is 1.41. The molecule has 1 N–H and O–H groups in total. The predicted octanol–water partition coefficient (Wildman–Crippen LogP) is 0.387. The number of fused-ring (bicyclic) bond motifs is 1. The van der Waals surface area contributed by atoms with E-state index in [2.05, 4.69) is 15.3 Å². The molecule has 0 aromatic carbocycles. The summed E-state index contributed by atoms with van der Waals surface area (Å²) in [6.07, 6.45) is 6.91. The molecule has 0 amide bonds. The van der Waals surface area contributed by atoms with Crippen LogP contribution in [0.5, 0.6) is 0 Å². The molecular formula is C12H14N4O2S. The molecule has 6 nitrogen and oxygen atoms in total. The highest BCUT2D eigenvalue weighted by atomic mass is 32.2. The summed E-state index contributed by atoms with van der Waals surface area (Å²) in [5, 5.41) is 4.07. The molecule has 0 fully saturated rings. The molecule has 0 aliphatic carbocycles. The molecule has 100 valence electrons. The summed E-state index contributed by atoms with van der Waals surface area (Å²) in [5.74, 6) is 0. The fraction of sp³-hybridized carbons (Fsp3) is 0.333. The van der Waals surface area contributed by atoms with Crippen LogP contribution in [0.3, 0.4) is 0 Å². The van der Waals surface area contributed by atoms with E-state index in [9.17, 15) is 8.42 Å². The van der Waals surface area contributed by atoms with Gasteiger partial charge in [0.1, 0.15) is 6.17 Å². The van der Waals surface area contributed by atoms with E-state index in [-0.39, 0.29) is 6.17 Å². The number of rotatable bonds is 3. The minimum absolute atomic E-state index is 0.0128. The van der Waals surface area contributed by atoms with Crippen LogP contribution in [0.25, 0.3) is 11.0 Å². The van der Waals surface area contributed by atoms with Crippen molar-refractivity contribution < 1.29 is 8.42 Å². The third-order valence-corrected chi connectivity index (χ3v) is 4.11. The van der Waals surface area contributed by atoms with E-state index >= 15 is 0 Å². The van der Waals surface area contributed by atoms with Gasteiger partial charge >= 0.3 is 0 Å². The zero-order chi connectivity index (χ0) is 13.5. The highest BCUT2D eigenvalue weighted by molar-refractivity contribution is 7.89. The van der Waals surface area contributed by atoms with E-state index in [0.29, 0.717) is 12.1 Å². The van der Waals surface area contributed by atoms with E-state index in [1.54, 1.807) is 12.4 Å². The Hall–Kier alpha value is -1.73. The van der Waals surface area contributed by atoms with Gasteiger partial charge in [-0.15, -0.1) is 0 Å². The quantitative estimate of drug-likeness (QED) is 0.881. The lowest BCUT2D eigenvalue weighted by atomic mass is 10.1. The third kappa shape index (κ3) is 2.26. The topological polar surface area (TPSA) is 76.3 Å². The monoisotopic (exact) mass is 278 g/mol. The lowest BCUT2D eigenvalue weighted by Gasteiger charge is -2.06. The maximum Gasteiger partial charge on any atom is 0.237 e. The smallest absolute Gasteiger partial charge is 0.237 e. The molecule has 0 saturated heterocycles. The van der Waals surface area contributed by atoms with Gasteiger partial charge in [0, 0.05) is 37.0 Å². The number of pyridine rings is 1. The second-order valence-corrected chi connectivity index (χ2v) is 6.41. The molecule has 1 atom stereocenters. The highest BCUT2D eigenvalue weighted by Crippen LogP contribution is 2.22. The van der Waals surface area contributed by atoms with Crippen molar-refractivity contribution in [2.75, 3.05) is 12.8 Å². The Kier molecular flexibility index (Phi) is 2.87. The van der Waals surface area contributed by atoms with Gasteiger partial charge in [0.05, 0.1) is 6.26 Å². The van der Waals surface area contributed by atoms with Crippen LogP contribution < -0.4 is 5.32 Å². The maximum absolute atomic E-state index is 11.8. The molecule has 19 heavy (non-hydrogen) atoms. The maximum atomic E-state index is 11.8. The van der Waals surface area contributed by atoms with Crippen molar-refractivity contribution in [1.29, 1.82) is 0 Å². The van der Waals surface area contributed by atoms with Crippen LogP contribution >= 0.6 is 0 Å². The lowest BCUT2D eigenvalue weighted by molar-refractivity contribution is 0.592. The molecule has 0 radical (unpaired) electrons. The van der Waals surface area contributed by atoms with E-state index in [4.69, 9.17) is 0 Å². The van der Waals surface area contributed by atoms with Gasteiger partial charge in [-0.1, -0.05) is 0 Å². The van der Waals surface area contributed by atoms with Gasteiger partial charge in [0.25, 0.3) is 0 Å². The minimum Gasteiger partial charge on any atom is -0.290 e. The van der Waals surface area contributed by atoms with Crippen LogP contribution in [0.4, 0.5) is 0 Å². The Bertz CT molecular complexity index is 748. The second kappa shape index (κ2) is 4.43. The summed E-state index contributed by atoms with van der Waals surface area (Å²) in [7, 11) is -3.35. The minimum atomic E-state index is -3.35. The first-order valence-corrected chi connectivity index (χ1v) is 7.81. The molecule has 1 unspecified atom stereocenters. The Labute approximate surface area is 111 Å². The van der Waals surface area contributed by atoms with Gasteiger partial charge in [-0.05, 0) is 17.7 Å². The summed E-state index contributed by atoms with van der Waals surface area (Å²) in [6.45, 7) is 0.758. The van der Waals surface area contributed by atoms with Gasteiger partial charge in [0.15, 0.2) is 5.65 Å². The van der Waals surface area contributed by atoms with Crippen LogP contribution in [0.2, 0.25) is 0 Å². The zero-order valence-electron chi connectivity index (χ0n) is 10.4. The summed E-state index contributed by atoms with van der Waals surface area (Å²) in [6, 6.07) is 3.70. The van der Waals surface area contributed by atoms with Crippen LogP contribution in [-0.2, 0) is 16.4 Å². The first-order chi connectivity index (χ1) is 9.05. The molecule has 1 aliphatic heterocycles. The Balaban J connectivity index is 2.12. The number of hydrogen-bond donors (Lipinski definition) is 1. The number of aromatic nitrogens is 2. The first-order valence-electron chi connectivity index (χ1n) is 5.96. The molecule has 3 rings (SSSR count). The van der Waals surface area contributed by atoms with Gasteiger partial charge in [-0.2, -0.15) is 0 Å². The van der Waals surface area contributed by atoms with E-state index in [0.717, 1.165) is 17.5 Å². The van der Waals surface area contributed by atoms with Crippen molar-refractivity contribution in [3.8, 4) is 0 Å². The van der Waals surface area contributed by atoms with Gasteiger partial charge in [0.2, 0.25) is 10.0 Å². The Morgan fingerprint density at radius 1 is 1.53 bits per heavy atom. The van der Waals surface area contributed by atoms with Crippen LogP contribution in [0.1, 0.15) is 5.56 Å². The summed E-state index contributed by atoms with van der Waals surface area (Å²) >= 11 is 0. The van der Waals surface area contributed by atoms with E-state index < -0.39 is 10.0 Å². The van der Waals surface area contributed by atoms with Crippen molar-refractivity contribution in [3.63, 3.8) is 0 Å². The Morgan fingerprint density at radius 2 is 2.37 bits per heavy atom. The standard InChI is InChI=1S/C12H14N4O2S/c1-19(17,18)16-8-9(7-11-13-5-6-14-11)10-3-2-4-15-12(10)16/h2-5,8,11,14H,6-7H2,1H3. The van der Waals surface area contributed by atoms with Crippen molar-refractivity contribution in [1.82, 2.24) is 14.3 Å². The molecule has 2 aromatic heterocycles.